The van der Waals surface area contributed by atoms with Crippen LogP contribution in [0.3, 0.4) is 0 Å². The Morgan fingerprint density at radius 3 is 2.23 bits per heavy atom. The SMILES string of the molecule is O=[N+]([O-])c1ccc(Sc2ccc(N3C(=S)N[C@@H](c4ccccn4)[C@@H]3c3cccn3Cc3ccccn3)cc2)cc1. The molecule has 1 aliphatic heterocycles. The fourth-order valence-electron chi connectivity index (χ4n) is 4.89. The van der Waals surface area contributed by atoms with Crippen LogP contribution in [-0.4, -0.2) is 24.6 Å². The molecular formula is C30H24N6O2S2. The fourth-order valence-corrected chi connectivity index (χ4v) is 6.05. The van der Waals surface area contributed by atoms with Gasteiger partial charge in [-0.3, -0.25) is 20.1 Å². The molecule has 1 saturated heterocycles. The van der Waals surface area contributed by atoms with Gasteiger partial charge in [0, 0.05) is 51.9 Å². The van der Waals surface area contributed by atoms with E-state index in [2.05, 4.69) is 55.2 Å². The minimum absolute atomic E-state index is 0.0797. The van der Waals surface area contributed by atoms with Crippen LogP contribution in [0.2, 0.25) is 0 Å². The van der Waals surface area contributed by atoms with Gasteiger partial charge in [-0.25, -0.2) is 0 Å². The van der Waals surface area contributed by atoms with E-state index in [0.29, 0.717) is 11.7 Å². The van der Waals surface area contributed by atoms with E-state index in [1.807, 2.05) is 54.7 Å². The maximum absolute atomic E-state index is 11.0. The van der Waals surface area contributed by atoms with E-state index in [-0.39, 0.29) is 17.8 Å². The number of nitro benzene ring substituents is 1. The number of nitrogens with zero attached hydrogens (tertiary/aromatic N) is 5. The zero-order valence-corrected chi connectivity index (χ0v) is 22.8. The first-order chi connectivity index (χ1) is 19.6. The monoisotopic (exact) mass is 564 g/mol. The van der Waals surface area contributed by atoms with Crippen LogP contribution in [-0.2, 0) is 6.54 Å². The lowest BCUT2D eigenvalue weighted by Gasteiger charge is -2.29. The molecule has 3 aromatic heterocycles. The summed E-state index contributed by atoms with van der Waals surface area (Å²) < 4.78 is 2.21. The molecule has 4 heterocycles. The summed E-state index contributed by atoms with van der Waals surface area (Å²) >= 11 is 7.45. The third-order valence-corrected chi connectivity index (χ3v) is 8.05. The molecule has 2 atom stereocenters. The Balaban J connectivity index is 1.32. The zero-order chi connectivity index (χ0) is 27.5. The lowest BCUT2D eigenvalue weighted by Crippen LogP contribution is -2.30. The van der Waals surface area contributed by atoms with Gasteiger partial charge >= 0.3 is 0 Å². The van der Waals surface area contributed by atoms with Gasteiger partial charge in [0.05, 0.1) is 28.9 Å². The van der Waals surface area contributed by atoms with Crippen molar-refractivity contribution in [1.82, 2.24) is 19.9 Å². The van der Waals surface area contributed by atoms with Crippen molar-refractivity contribution in [1.29, 1.82) is 0 Å². The Hall–Kier alpha value is -4.54. The van der Waals surface area contributed by atoms with Crippen molar-refractivity contribution < 1.29 is 4.92 Å². The van der Waals surface area contributed by atoms with Gasteiger partial charge in [-0.1, -0.05) is 23.9 Å². The van der Waals surface area contributed by atoms with Crippen molar-refractivity contribution in [2.75, 3.05) is 4.90 Å². The molecule has 40 heavy (non-hydrogen) atoms. The molecular weight excluding hydrogens is 541 g/mol. The first-order valence-corrected chi connectivity index (χ1v) is 13.9. The molecule has 10 heteroatoms. The summed E-state index contributed by atoms with van der Waals surface area (Å²) in [6.07, 6.45) is 5.68. The molecule has 0 bridgehead atoms. The minimum Gasteiger partial charge on any atom is -0.351 e. The van der Waals surface area contributed by atoms with Crippen LogP contribution in [0.4, 0.5) is 11.4 Å². The van der Waals surface area contributed by atoms with Crippen molar-refractivity contribution in [2.45, 2.75) is 28.4 Å². The molecule has 6 rings (SSSR count). The molecule has 8 nitrogen and oxygen atoms in total. The Morgan fingerprint density at radius 1 is 0.875 bits per heavy atom. The molecule has 0 amide bonds. The molecule has 0 saturated carbocycles. The summed E-state index contributed by atoms with van der Waals surface area (Å²) in [6.45, 7) is 0.639. The average molecular weight is 565 g/mol. The number of nitro groups is 1. The fraction of sp³-hybridized carbons (Fsp3) is 0.100. The van der Waals surface area contributed by atoms with Crippen molar-refractivity contribution in [3.8, 4) is 0 Å². The van der Waals surface area contributed by atoms with Gasteiger partial charge in [0.1, 0.15) is 6.04 Å². The first-order valence-electron chi connectivity index (χ1n) is 12.6. The number of thiocarbonyl (C=S) groups is 1. The highest BCUT2D eigenvalue weighted by Gasteiger charge is 2.42. The lowest BCUT2D eigenvalue weighted by molar-refractivity contribution is -0.384. The van der Waals surface area contributed by atoms with Crippen LogP contribution >= 0.6 is 24.0 Å². The maximum Gasteiger partial charge on any atom is 0.269 e. The van der Waals surface area contributed by atoms with E-state index in [1.165, 1.54) is 12.1 Å². The zero-order valence-electron chi connectivity index (χ0n) is 21.2. The second kappa shape index (κ2) is 11.3. The number of hydrogen-bond acceptors (Lipinski definition) is 6. The highest BCUT2D eigenvalue weighted by atomic mass is 32.2. The highest BCUT2D eigenvalue weighted by molar-refractivity contribution is 7.99. The molecule has 5 aromatic rings. The number of aromatic nitrogens is 3. The number of non-ortho nitro benzene ring substituents is 1. The quantitative estimate of drug-likeness (QED) is 0.129. The van der Waals surface area contributed by atoms with Crippen molar-refractivity contribution >= 4 is 40.5 Å². The van der Waals surface area contributed by atoms with Crippen LogP contribution in [0, 0.1) is 10.1 Å². The van der Waals surface area contributed by atoms with Gasteiger partial charge in [0.2, 0.25) is 0 Å². The molecule has 1 aliphatic rings. The number of anilines is 1. The van der Waals surface area contributed by atoms with Gasteiger partial charge in [-0.05, 0) is 85.0 Å². The van der Waals surface area contributed by atoms with Crippen molar-refractivity contribution in [3.63, 3.8) is 0 Å². The largest absolute Gasteiger partial charge is 0.351 e. The number of nitrogens with one attached hydrogen (secondary N) is 1. The van der Waals surface area contributed by atoms with Crippen LogP contribution < -0.4 is 10.2 Å². The van der Waals surface area contributed by atoms with Gasteiger partial charge in [-0.2, -0.15) is 0 Å². The summed E-state index contributed by atoms with van der Waals surface area (Å²) in [5.74, 6) is 0. The van der Waals surface area contributed by atoms with Crippen molar-refractivity contribution in [3.05, 3.63) is 143 Å². The van der Waals surface area contributed by atoms with Crippen LogP contribution in [0.15, 0.2) is 125 Å². The molecule has 2 aromatic carbocycles. The Morgan fingerprint density at radius 2 is 1.57 bits per heavy atom. The lowest BCUT2D eigenvalue weighted by atomic mass is 10.0. The molecule has 0 radical (unpaired) electrons. The summed E-state index contributed by atoms with van der Waals surface area (Å²) in [5, 5.41) is 15.1. The highest BCUT2D eigenvalue weighted by Crippen LogP contribution is 2.42. The van der Waals surface area contributed by atoms with E-state index >= 15 is 0 Å². The Labute approximate surface area is 240 Å². The molecule has 0 spiro atoms. The first kappa shape index (κ1) is 25.7. The maximum atomic E-state index is 11.0. The van der Waals surface area contributed by atoms with Crippen molar-refractivity contribution in [2.24, 2.45) is 0 Å². The Kier molecular flexibility index (Phi) is 7.26. The Bertz CT molecular complexity index is 1630. The molecule has 0 aliphatic carbocycles. The van der Waals surface area contributed by atoms with E-state index in [1.54, 1.807) is 30.1 Å². The molecule has 0 unspecified atom stereocenters. The standard InChI is InChI=1S/C30H24N6O2S2/c37-36(38)23-11-15-25(16-12-23)40-24-13-9-22(10-14-24)35-29(28(33-30(35)39)26-7-2-4-18-32-26)27-8-5-19-34(27)20-21-6-1-3-17-31-21/h1-19,28-29H,20H2,(H,33,39)/t28-,29-/m0/s1. The molecule has 1 fully saturated rings. The normalized spacial score (nSPS) is 16.6. The number of rotatable bonds is 8. The average Bonchev–Trinajstić information content (AvgIpc) is 3.58. The summed E-state index contributed by atoms with van der Waals surface area (Å²) in [7, 11) is 0. The van der Waals surface area contributed by atoms with E-state index in [4.69, 9.17) is 12.2 Å². The van der Waals surface area contributed by atoms with Crippen LogP contribution in [0.25, 0.3) is 0 Å². The number of pyridine rings is 2. The van der Waals surface area contributed by atoms with Gasteiger partial charge in [0.15, 0.2) is 5.11 Å². The summed E-state index contributed by atoms with van der Waals surface area (Å²) in [4.78, 5) is 23.9. The minimum atomic E-state index is -0.391. The number of benzene rings is 2. The van der Waals surface area contributed by atoms with Gasteiger partial charge in [0.25, 0.3) is 5.69 Å². The second-order valence-electron chi connectivity index (χ2n) is 9.23. The van der Waals surface area contributed by atoms with E-state index in [9.17, 15) is 10.1 Å². The van der Waals surface area contributed by atoms with E-state index in [0.717, 1.165) is 32.6 Å². The van der Waals surface area contributed by atoms with Gasteiger partial charge < -0.3 is 14.8 Å². The van der Waals surface area contributed by atoms with Crippen LogP contribution in [0.5, 0.6) is 0 Å². The smallest absolute Gasteiger partial charge is 0.269 e. The third kappa shape index (κ3) is 5.31. The predicted molar refractivity (Wildman–Crippen MR) is 159 cm³/mol. The van der Waals surface area contributed by atoms with E-state index < -0.39 is 4.92 Å². The molecule has 1 N–H and O–H groups in total. The third-order valence-electron chi connectivity index (χ3n) is 6.72. The second-order valence-corrected chi connectivity index (χ2v) is 10.8. The van der Waals surface area contributed by atoms with Gasteiger partial charge in [-0.15, -0.1) is 0 Å². The molecule has 198 valence electrons. The summed E-state index contributed by atoms with van der Waals surface area (Å²) in [5.41, 5.74) is 4.02. The topological polar surface area (TPSA) is 89.1 Å². The number of hydrogen-bond donors (Lipinski definition) is 1. The van der Waals surface area contributed by atoms with Crippen LogP contribution in [0.1, 0.15) is 29.2 Å². The predicted octanol–water partition coefficient (Wildman–Crippen LogP) is 6.56. The summed E-state index contributed by atoms with van der Waals surface area (Å²) in [6, 6.07) is 30.5.